The smallest absolute Gasteiger partial charge is 0.272 e. The molecule has 1 amide bonds. The molecule has 0 spiro atoms. The van der Waals surface area contributed by atoms with Gasteiger partial charge in [-0.3, -0.25) is 14.6 Å². The van der Waals surface area contributed by atoms with Crippen molar-refractivity contribution in [2.24, 2.45) is 7.05 Å². The molecule has 0 bridgehead atoms. The highest BCUT2D eigenvalue weighted by atomic mass is 35.5. The number of benzene rings is 1. The molecule has 3 rings (SSSR count). The number of amides is 1. The van der Waals surface area contributed by atoms with Gasteiger partial charge >= 0.3 is 0 Å². The second-order valence-corrected chi connectivity index (χ2v) is 5.74. The summed E-state index contributed by atoms with van der Waals surface area (Å²) in [5.74, 6) is -0.264. The highest BCUT2D eigenvalue weighted by molar-refractivity contribution is 6.30. The maximum absolute atomic E-state index is 12.4. The van der Waals surface area contributed by atoms with Gasteiger partial charge in [0.05, 0.1) is 11.7 Å². The van der Waals surface area contributed by atoms with E-state index in [2.05, 4.69) is 20.6 Å². The number of aromatic amines is 1. The van der Waals surface area contributed by atoms with Crippen LogP contribution in [0.1, 0.15) is 33.5 Å². The van der Waals surface area contributed by atoms with Crippen LogP contribution in [0.3, 0.4) is 0 Å². The average molecular weight is 330 g/mol. The van der Waals surface area contributed by atoms with Gasteiger partial charge in [-0.25, -0.2) is 0 Å². The predicted molar refractivity (Wildman–Crippen MR) is 87.3 cm³/mol. The zero-order valence-electron chi connectivity index (χ0n) is 12.7. The third-order valence-corrected chi connectivity index (χ3v) is 3.70. The van der Waals surface area contributed by atoms with Crippen LogP contribution in [0, 0.1) is 6.92 Å². The first kappa shape index (κ1) is 15.3. The number of nitrogens with one attached hydrogen (secondary N) is 2. The molecule has 0 aliphatic rings. The van der Waals surface area contributed by atoms with Gasteiger partial charge in [-0.2, -0.15) is 10.2 Å². The van der Waals surface area contributed by atoms with Gasteiger partial charge in [-0.05, 0) is 36.8 Å². The van der Waals surface area contributed by atoms with Crippen LogP contribution >= 0.6 is 11.6 Å². The second-order valence-electron chi connectivity index (χ2n) is 5.31. The van der Waals surface area contributed by atoms with Crippen LogP contribution in [-0.2, 0) is 7.05 Å². The van der Waals surface area contributed by atoms with Crippen LogP contribution in [0.25, 0.3) is 0 Å². The van der Waals surface area contributed by atoms with Gasteiger partial charge in [-0.1, -0.05) is 23.7 Å². The molecule has 118 valence electrons. The van der Waals surface area contributed by atoms with Crippen molar-refractivity contribution in [3.05, 3.63) is 70.3 Å². The summed E-state index contributed by atoms with van der Waals surface area (Å²) >= 11 is 5.95. The van der Waals surface area contributed by atoms with Crippen molar-refractivity contribution in [1.29, 1.82) is 0 Å². The Labute approximate surface area is 138 Å². The first-order chi connectivity index (χ1) is 11.0. The minimum absolute atomic E-state index is 0.264. The van der Waals surface area contributed by atoms with Crippen LogP contribution in [0.2, 0.25) is 5.02 Å². The lowest BCUT2D eigenvalue weighted by atomic mass is 10.0. The number of hydrogen-bond donors (Lipinski definition) is 2. The topological polar surface area (TPSA) is 75.6 Å². The van der Waals surface area contributed by atoms with Crippen molar-refractivity contribution in [3.63, 3.8) is 0 Å². The van der Waals surface area contributed by atoms with Gasteiger partial charge in [0, 0.05) is 24.0 Å². The Bertz CT molecular complexity index is 821. The standard InChI is InChI=1S/C16H16ClN5O/c1-10-9-14(20-19-10)16(23)18-15(13-7-8-22(2)21-13)11-3-5-12(17)6-4-11/h3-9,15H,1-2H3,(H,18,23)(H,19,20)/t15-/m0/s1. The highest BCUT2D eigenvalue weighted by Gasteiger charge is 2.21. The summed E-state index contributed by atoms with van der Waals surface area (Å²) in [5.41, 5.74) is 2.82. The molecule has 1 aromatic carbocycles. The fraction of sp³-hybridized carbons (Fsp3) is 0.188. The molecule has 0 fully saturated rings. The van der Waals surface area contributed by atoms with E-state index in [-0.39, 0.29) is 11.9 Å². The molecule has 7 heteroatoms. The maximum Gasteiger partial charge on any atom is 0.272 e. The molecule has 3 aromatic rings. The monoisotopic (exact) mass is 329 g/mol. The molecule has 0 saturated carbocycles. The third-order valence-electron chi connectivity index (χ3n) is 3.45. The molecule has 0 aliphatic heterocycles. The zero-order chi connectivity index (χ0) is 16.4. The van der Waals surface area contributed by atoms with Crippen molar-refractivity contribution in [1.82, 2.24) is 25.3 Å². The van der Waals surface area contributed by atoms with Crippen molar-refractivity contribution in [2.75, 3.05) is 0 Å². The third kappa shape index (κ3) is 3.43. The van der Waals surface area contributed by atoms with Crippen LogP contribution in [0.5, 0.6) is 0 Å². The summed E-state index contributed by atoms with van der Waals surface area (Å²) in [6, 6.07) is 10.5. The summed E-state index contributed by atoms with van der Waals surface area (Å²) in [4.78, 5) is 12.4. The largest absolute Gasteiger partial charge is 0.338 e. The van der Waals surface area contributed by atoms with E-state index in [1.54, 1.807) is 22.9 Å². The second kappa shape index (κ2) is 6.26. The Morgan fingerprint density at radius 2 is 2.04 bits per heavy atom. The molecule has 2 heterocycles. The normalized spacial score (nSPS) is 12.1. The van der Waals surface area contributed by atoms with E-state index in [0.717, 1.165) is 17.0 Å². The SMILES string of the molecule is Cc1cc(C(=O)N[C@@H](c2ccc(Cl)cc2)c2ccn(C)n2)n[nH]1. The van der Waals surface area contributed by atoms with Crippen LogP contribution < -0.4 is 5.32 Å². The summed E-state index contributed by atoms with van der Waals surface area (Å²) in [6.45, 7) is 1.85. The number of H-pyrrole nitrogens is 1. The summed E-state index contributed by atoms with van der Waals surface area (Å²) in [6.07, 6.45) is 1.84. The quantitative estimate of drug-likeness (QED) is 0.772. The summed E-state index contributed by atoms with van der Waals surface area (Å²) in [5, 5.41) is 14.8. The van der Waals surface area contributed by atoms with Gasteiger partial charge in [0.2, 0.25) is 0 Å². The highest BCUT2D eigenvalue weighted by Crippen LogP contribution is 2.22. The van der Waals surface area contributed by atoms with Crippen LogP contribution in [-0.4, -0.2) is 25.9 Å². The minimum atomic E-state index is -0.377. The van der Waals surface area contributed by atoms with Gasteiger partial charge in [0.1, 0.15) is 5.69 Å². The lowest BCUT2D eigenvalue weighted by Gasteiger charge is -2.17. The maximum atomic E-state index is 12.4. The average Bonchev–Trinajstić information content (AvgIpc) is 3.14. The van der Waals surface area contributed by atoms with Crippen molar-refractivity contribution < 1.29 is 4.79 Å². The van der Waals surface area contributed by atoms with Gasteiger partial charge in [0.25, 0.3) is 5.91 Å². The van der Waals surface area contributed by atoms with Crippen LogP contribution in [0.15, 0.2) is 42.6 Å². The number of halogens is 1. The molecule has 6 nitrogen and oxygen atoms in total. The molecule has 1 atom stereocenters. The number of hydrogen-bond acceptors (Lipinski definition) is 3. The first-order valence-electron chi connectivity index (χ1n) is 7.11. The van der Waals surface area contributed by atoms with E-state index in [1.807, 2.05) is 38.4 Å². The van der Waals surface area contributed by atoms with Gasteiger partial charge < -0.3 is 5.32 Å². The van der Waals surface area contributed by atoms with Crippen molar-refractivity contribution in [2.45, 2.75) is 13.0 Å². The number of aromatic nitrogens is 4. The minimum Gasteiger partial charge on any atom is -0.338 e. The van der Waals surface area contributed by atoms with E-state index in [1.165, 1.54) is 0 Å². The lowest BCUT2D eigenvalue weighted by molar-refractivity contribution is 0.0937. The van der Waals surface area contributed by atoms with E-state index in [0.29, 0.717) is 10.7 Å². The molecule has 0 aliphatic carbocycles. The number of rotatable bonds is 4. The Morgan fingerprint density at radius 3 is 2.61 bits per heavy atom. The Balaban J connectivity index is 1.92. The van der Waals surface area contributed by atoms with Crippen molar-refractivity contribution in [3.8, 4) is 0 Å². The van der Waals surface area contributed by atoms with Crippen molar-refractivity contribution >= 4 is 17.5 Å². The number of aryl methyl sites for hydroxylation is 2. The molecular weight excluding hydrogens is 314 g/mol. The van der Waals surface area contributed by atoms with E-state index in [9.17, 15) is 4.79 Å². The van der Waals surface area contributed by atoms with Gasteiger partial charge in [0.15, 0.2) is 0 Å². The van der Waals surface area contributed by atoms with Gasteiger partial charge in [-0.15, -0.1) is 0 Å². The summed E-state index contributed by atoms with van der Waals surface area (Å²) in [7, 11) is 1.83. The Kier molecular flexibility index (Phi) is 4.16. The lowest BCUT2D eigenvalue weighted by Crippen LogP contribution is -2.30. The first-order valence-corrected chi connectivity index (χ1v) is 7.48. The fourth-order valence-electron chi connectivity index (χ4n) is 2.31. The summed E-state index contributed by atoms with van der Waals surface area (Å²) < 4.78 is 1.70. The Hall–Kier alpha value is -2.60. The van der Waals surface area contributed by atoms with Crippen LogP contribution in [0.4, 0.5) is 0 Å². The number of nitrogens with zero attached hydrogens (tertiary/aromatic N) is 3. The molecule has 2 N–H and O–H groups in total. The molecule has 23 heavy (non-hydrogen) atoms. The number of carbonyl (C=O) groups is 1. The Morgan fingerprint density at radius 1 is 1.30 bits per heavy atom. The van der Waals surface area contributed by atoms with E-state index < -0.39 is 0 Å². The molecule has 2 aromatic heterocycles. The molecular formula is C16H16ClN5O. The predicted octanol–water partition coefficient (Wildman–Crippen LogP) is 2.62. The molecule has 0 saturated heterocycles. The zero-order valence-corrected chi connectivity index (χ0v) is 13.5. The van der Waals surface area contributed by atoms with E-state index >= 15 is 0 Å². The fourth-order valence-corrected chi connectivity index (χ4v) is 2.44. The van der Waals surface area contributed by atoms with E-state index in [4.69, 9.17) is 11.6 Å². The number of carbonyl (C=O) groups excluding carboxylic acids is 1. The molecule has 0 unspecified atom stereocenters. The molecule has 0 radical (unpaired) electrons.